The maximum absolute atomic E-state index is 14.4. The molecule has 35 heavy (non-hydrogen) atoms. The highest BCUT2D eigenvalue weighted by Gasteiger charge is 2.32. The third-order valence-corrected chi connectivity index (χ3v) is 8.43. The van der Waals surface area contributed by atoms with Gasteiger partial charge in [0.15, 0.2) is 0 Å². The summed E-state index contributed by atoms with van der Waals surface area (Å²) in [5.41, 5.74) is 6.51. The summed E-state index contributed by atoms with van der Waals surface area (Å²) in [4.78, 5) is 28.2. The smallest absolute Gasteiger partial charge is 0.311 e. The quantitative estimate of drug-likeness (QED) is 0.309. The van der Waals surface area contributed by atoms with Crippen molar-refractivity contribution in [3.8, 4) is 11.1 Å². The van der Waals surface area contributed by atoms with E-state index in [2.05, 4.69) is 0 Å². The topological polar surface area (TPSA) is 59.3 Å². The second-order valence-corrected chi connectivity index (χ2v) is 10.7. The van der Waals surface area contributed by atoms with Gasteiger partial charge < -0.3 is 9.67 Å². The van der Waals surface area contributed by atoms with Crippen LogP contribution in [0.25, 0.3) is 21.3 Å². The lowest BCUT2D eigenvalue weighted by Crippen LogP contribution is -2.30. The average molecular weight is 486 g/mol. The largest absolute Gasteiger partial charge is 0.481 e. The summed E-state index contributed by atoms with van der Waals surface area (Å²) in [7, 11) is 0. The number of rotatable bonds is 7. The molecule has 0 bridgehead atoms. The molecule has 2 aromatic carbocycles. The number of aromatic nitrogens is 1. The average Bonchev–Trinajstić information content (AvgIpc) is 3.24. The van der Waals surface area contributed by atoms with Gasteiger partial charge in [-0.3, -0.25) is 9.59 Å². The van der Waals surface area contributed by atoms with Crippen molar-refractivity contribution in [1.82, 2.24) is 4.57 Å². The maximum atomic E-state index is 14.4. The van der Waals surface area contributed by atoms with Gasteiger partial charge in [0.25, 0.3) is 5.56 Å². The lowest BCUT2D eigenvalue weighted by atomic mass is 9.87. The van der Waals surface area contributed by atoms with Gasteiger partial charge in [-0.05, 0) is 55.7 Å². The molecule has 2 aromatic heterocycles. The minimum atomic E-state index is -0.927. The number of aliphatic carboxylic acids is 1. The number of carboxylic acid groups (broad SMARTS) is 1. The minimum Gasteiger partial charge on any atom is -0.481 e. The first-order chi connectivity index (χ1) is 17.0. The predicted molar refractivity (Wildman–Crippen MR) is 144 cm³/mol. The van der Waals surface area contributed by atoms with E-state index in [0.29, 0.717) is 24.9 Å². The molecule has 0 saturated carbocycles. The summed E-state index contributed by atoms with van der Waals surface area (Å²) < 4.78 is 2.94. The molecule has 4 nitrogen and oxygen atoms in total. The van der Waals surface area contributed by atoms with Crippen molar-refractivity contribution in [1.29, 1.82) is 0 Å². The molecule has 180 valence electrons. The summed E-state index contributed by atoms with van der Waals surface area (Å²) in [5, 5.41) is 10.3. The van der Waals surface area contributed by atoms with Crippen LogP contribution >= 0.6 is 11.3 Å². The third-order valence-electron chi connectivity index (χ3n) is 7.13. The van der Waals surface area contributed by atoms with E-state index < -0.39 is 11.9 Å². The molecule has 5 rings (SSSR count). The number of thiophene rings is 1. The summed E-state index contributed by atoms with van der Waals surface area (Å²) in [6.45, 7) is 4.46. The molecule has 0 spiro atoms. The van der Waals surface area contributed by atoms with Gasteiger partial charge in [0, 0.05) is 16.0 Å². The zero-order valence-electron chi connectivity index (χ0n) is 20.3. The van der Waals surface area contributed by atoms with Gasteiger partial charge in [-0.2, -0.15) is 0 Å². The molecule has 5 heteroatoms. The van der Waals surface area contributed by atoms with Crippen LogP contribution in [-0.2, 0) is 24.2 Å². The van der Waals surface area contributed by atoms with Crippen molar-refractivity contribution < 1.29 is 9.90 Å². The molecular formula is C30H31NO3S. The van der Waals surface area contributed by atoms with Gasteiger partial charge in [-0.25, -0.2) is 0 Å². The van der Waals surface area contributed by atoms with Crippen molar-refractivity contribution in [3.63, 3.8) is 0 Å². The monoisotopic (exact) mass is 485 g/mol. The number of carboxylic acids is 1. The predicted octanol–water partition coefficient (Wildman–Crippen LogP) is 6.93. The van der Waals surface area contributed by atoms with E-state index in [0.717, 1.165) is 58.2 Å². The van der Waals surface area contributed by atoms with Crippen LogP contribution in [-0.4, -0.2) is 15.6 Å². The van der Waals surface area contributed by atoms with Crippen LogP contribution in [0.15, 0.2) is 59.4 Å². The summed E-state index contributed by atoms with van der Waals surface area (Å²) in [5.74, 6) is -1.77. The summed E-state index contributed by atoms with van der Waals surface area (Å²) in [6.07, 6.45) is 5.39. The van der Waals surface area contributed by atoms with E-state index in [9.17, 15) is 14.7 Å². The minimum absolute atomic E-state index is 0.163. The number of aryl methyl sites for hydroxylation is 3. The van der Waals surface area contributed by atoms with Crippen LogP contribution in [0.5, 0.6) is 0 Å². The number of fused-ring (bicyclic) bond motifs is 3. The Morgan fingerprint density at radius 2 is 1.77 bits per heavy atom. The Kier molecular flexibility index (Phi) is 6.61. The van der Waals surface area contributed by atoms with Gasteiger partial charge in [0.05, 0.1) is 22.7 Å². The van der Waals surface area contributed by atoms with Crippen LogP contribution in [0, 0.1) is 6.92 Å². The molecule has 0 radical (unpaired) electrons. The van der Waals surface area contributed by atoms with Crippen molar-refractivity contribution >= 4 is 27.5 Å². The fourth-order valence-corrected chi connectivity index (χ4v) is 6.88. The molecule has 2 heterocycles. The van der Waals surface area contributed by atoms with E-state index in [4.69, 9.17) is 0 Å². The number of pyridine rings is 1. The number of carbonyl (C=O) groups is 1. The van der Waals surface area contributed by atoms with Gasteiger partial charge in [0.2, 0.25) is 0 Å². The number of hydrogen-bond acceptors (Lipinski definition) is 3. The number of nitrogens with zero attached hydrogens (tertiary/aromatic N) is 1. The molecule has 4 aromatic rings. The van der Waals surface area contributed by atoms with Gasteiger partial charge >= 0.3 is 5.97 Å². The molecule has 0 fully saturated rings. The van der Waals surface area contributed by atoms with Crippen molar-refractivity contribution in [2.75, 3.05) is 0 Å². The van der Waals surface area contributed by atoms with Gasteiger partial charge in [-0.1, -0.05) is 73.5 Å². The summed E-state index contributed by atoms with van der Waals surface area (Å²) >= 11 is 1.77. The van der Waals surface area contributed by atoms with E-state index in [1.807, 2.05) is 73.0 Å². The standard InChI is InChI=1S/C30H31NO3S/c1-3-9-23(30(33)34)26-25(21-16-14-19(2)15-17-21)28-27(22-12-7-8-13-24(22)35-28)31(29(26)32)18-20-10-5-4-6-11-20/h4-6,10-11,14-17,23H,3,7-9,12-13,18H2,1-2H3,(H,33,34). The molecule has 1 aliphatic rings. The lowest BCUT2D eigenvalue weighted by molar-refractivity contribution is -0.139. The van der Waals surface area contributed by atoms with Crippen LogP contribution in [0.1, 0.15) is 65.7 Å². The highest BCUT2D eigenvalue weighted by molar-refractivity contribution is 7.19. The van der Waals surface area contributed by atoms with Gasteiger partial charge in [0.1, 0.15) is 0 Å². The zero-order valence-corrected chi connectivity index (χ0v) is 21.2. The Balaban J connectivity index is 1.91. The van der Waals surface area contributed by atoms with E-state index >= 15 is 0 Å². The Hall–Kier alpha value is -3.18. The maximum Gasteiger partial charge on any atom is 0.311 e. The molecule has 0 amide bonds. The molecule has 1 N–H and O–H groups in total. The Morgan fingerprint density at radius 3 is 2.46 bits per heavy atom. The second kappa shape index (κ2) is 9.82. The van der Waals surface area contributed by atoms with Gasteiger partial charge in [-0.15, -0.1) is 11.3 Å². The fraction of sp³-hybridized carbons (Fsp3) is 0.333. The van der Waals surface area contributed by atoms with E-state index in [1.165, 1.54) is 10.4 Å². The fourth-order valence-electron chi connectivity index (χ4n) is 5.41. The highest BCUT2D eigenvalue weighted by atomic mass is 32.1. The summed E-state index contributed by atoms with van der Waals surface area (Å²) in [6, 6.07) is 18.2. The number of benzene rings is 2. The van der Waals surface area contributed by atoms with Crippen LogP contribution < -0.4 is 5.56 Å². The molecule has 1 unspecified atom stereocenters. The first-order valence-corrected chi connectivity index (χ1v) is 13.4. The molecule has 1 atom stereocenters. The normalized spacial score (nSPS) is 14.1. The number of hydrogen-bond donors (Lipinski definition) is 1. The Bertz CT molecular complexity index is 1430. The van der Waals surface area contributed by atoms with Crippen LogP contribution in [0.4, 0.5) is 0 Å². The van der Waals surface area contributed by atoms with Crippen molar-refractivity contribution in [2.45, 2.75) is 64.8 Å². The SMILES string of the molecule is CCCC(C(=O)O)c1c(-c2ccc(C)cc2)c2sc3c(c2n(Cc2ccccc2)c1=O)CCCC3. The lowest BCUT2D eigenvalue weighted by Gasteiger charge is -2.21. The van der Waals surface area contributed by atoms with Crippen LogP contribution in [0.2, 0.25) is 0 Å². The van der Waals surface area contributed by atoms with E-state index in [-0.39, 0.29) is 5.56 Å². The zero-order chi connectivity index (χ0) is 24.5. The van der Waals surface area contributed by atoms with Crippen molar-refractivity contribution in [2.24, 2.45) is 0 Å². The Labute approximate surface area is 209 Å². The molecule has 0 aliphatic heterocycles. The molecule has 1 aliphatic carbocycles. The van der Waals surface area contributed by atoms with Crippen molar-refractivity contribution in [3.05, 3.63) is 92.1 Å². The van der Waals surface area contributed by atoms with E-state index in [1.54, 1.807) is 11.3 Å². The molecule has 0 saturated heterocycles. The second-order valence-electron chi connectivity index (χ2n) is 9.60. The van der Waals surface area contributed by atoms with Crippen LogP contribution in [0.3, 0.4) is 0 Å². The Morgan fingerprint density at radius 1 is 1.06 bits per heavy atom. The first-order valence-electron chi connectivity index (χ1n) is 12.5. The third kappa shape index (κ3) is 4.34. The molecular weight excluding hydrogens is 454 g/mol. The highest BCUT2D eigenvalue weighted by Crippen LogP contribution is 2.44. The first kappa shape index (κ1) is 23.6.